The van der Waals surface area contributed by atoms with Crippen molar-refractivity contribution < 1.29 is 18.8 Å². The lowest BCUT2D eigenvalue weighted by Gasteiger charge is -1.98. The fraction of sp³-hybridized carbons (Fsp3) is 0.308. The van der Waals surface area contributed by atoms with Crippen LogP contribution in [0.1, 0.15) is 5.89 Å². The first-order valence-corrected chi connectivity index (χ1v) is 5.70. The second kappa shape index (κ2) is 6.10. The highest BCUT2D eigenvalue weighted by molar-refractivity contribution is 5.81. The van der Waals surface area contributed by atoms with Crippen molar-refractivity contribution in [3.63, 3.8) is 0 Å². The molecular formula is C13H14N2O4. The summed E-state index contributed by atoms with van der Waals surface area (Å²) in [5, 5.41) is 3.84. The molecule has 19 heavy (non-hydrogen) atoms. The molecule has 0 atom stereocenters. The summed E-state index contributed by atoms with van der Waals surface area (Å²) >= 11 is 0. The molecule has 6 nitrogen and oxygen atoms in total. The molecule has 0 spiro atoms. The van der Waals surface area contributed by atoms with E-state index in [1.807, 2.05) is 12.1 Å². The van der Waals surface area contributed by atoms with Crippen LogP contribution < -0.4 is 4.74 Å². The fourth-order valence-electron chi connectivity index (χ4n) is 1.56. The largest absolute Gasteiger partial charge is 0.497 e. The Kier molecular flexibility index (Phi) is 4.25. The van der Waals surface area contributed by atoms with Gasteiger partial charge in [-0.1, -0.05) is 5.16 Å². The molecule has 1 aromatic heterocycles. The molecule has 0 aliphatic rings. The second-order valence-electron chi connectivity index (χ2n) is 3.89. The van der Waals surface area contributed by atoms with Gasteiger partial charge in [-0.2, -0.15) is 4.98 Å². The molecule has 0 unspecified atom stereocenters. The quantitative estimate of drug-likeness (QED) is 0.785. The van der Waals surface area contributed by atoms with Gasteiger partial charge in [0.05, 0.1) is 13.5 Å². The summed E-state index contributed by atoms with van der Waals surface area (Å²) < 4.78 is 14.8. The average molecular weight is 262 g/mol. The fourth-order valence-corrected chi connectivity index (χ4v) is 1.56. The number of ketones is 1. The zero-order valence-corrected chi connectivity index (χ0v) is 10.8. The van der Waals surface area contributed by atoms with E-state index in [0.717, 1.165) is 11.3 Å². The third kappa shape index (κ3) is 3.38. The molecule has 0 aliphatic heterocycles. The van der Waals surface area contributed by atoms with Crippen LogP contribution >= 0.6 is 0 Å². The van der Waals surface area contributed by atoms with E-state index >= 15 is 0 Å². The van der Waals surface area contributed by atoms with Gasteiger partial charge < -0.3 is 14.0 Å². The molecule has 0 aliphatic carbocycles. The number of carbonyl (C=O) groups is 1. The van der Waals surface area contributed by atoms with Crippen molar-refractivity contribution in [1.82, 2.24) is 10.1 Å². The minimum Gasteiger partial charge on any atom is -0.497 e. The minimum atomic E-state index is -0.104. The Hall–Kier alpha value is -2.21. The zero-order valence-electron chi connectivity index (χ0n) is 10.8. The molecular weight excluding hydrogens is 248 g/mol. The van der Waals surface area contributed by atoms with Gasteiger partial charge in [-0.3, -0.25) is 4.79 Å². The SMILES string of the molecule is COCC(=O)Cc1nc(-c2ccc(OC)cc2)no1. The first-order valence-electron chi connectivity index (χ1n) is 5.70. The van der Waals surface area contributed by atoms with E-state index in [1.54, 1.807) is 19.2 Å². The van der Waals surface area contributed by atoms with E-state index in [0.29, 0.717) is 5.82 Å². The van der Waals surface area contributed by atoms with Gasteiger partial charge in [0.1, 0.15) is 12.4 Å². The molecule has 0 saturated heterocycles. The first kappa shape index (κ1) is 13.2. The van der Waals surface area contributed by atoms with Crippen molar-refractivity contribution >= 4 is 5.78 Å². The van der Waals surface area contributed by atoms with Crippen molar-refractivity contribution in [3.05, 3.63) is 30.2 Å². The van der Waals surface area contributed by atoms with Crippen molar-refractivity contribution in [3.8, 4) is 17.1 Å². The molecule has 1 aromatic carbocycles. The maximum Gasteiger partial charge on any atom is 0.234 e. The molecule has 6 heteroatoms. The van der Waals surface area contributed by atoms with Gasteiger partial charge in [-0.05, 0) is 24.3 Å². The van der Waals surface area contributed by atoms with Crippen LogP contribution in [0, 0.1) is 0 Å². The summed E-state index contributed by atoms with van der Waals surface area (Å²) in [6, 6.07) is 7.26. The molecule has 2 rings (SSSR count). The predicted molar refractivity (Wildman–Crippen MR) is 66.9 cm³/mol. The van der Waals surface area contributed by atoms with Crippen LogP contribution in [0.25, 0.3) is 11.4 Å². The minimum absolute atomic E-state index is 0.0419. The van der Waals surface area contributed by atoms with Gasteiger partial charge in [0.15, 0.2) is 5.78 Å². The molecule has 0 amide bonds. The summed E-state index contributed by atoms with van der Waals surface area (Å²) in [5.74, 6) is 1.38. The highest BCUT2D eigenvalue weighted by Gasteiger charge is 2.12. The van der Waals surface area contributed by atoms with Crippen LogP contribution in [-0.4, -0.2) is 36.8 Å². The molecule has 100 valence electrons. The molecule has 0 bridgehead atoms. The van der Waals surface area contributed by atoms with Crippen molar-refractivity contribution in [2.75, 3.05) is 20.8 Å². The van der Waals surface area contributed by atoms with Crippen LogP contribution in [0.2, 0.25) is 0 Å². The van der Waals surface area contributed by atoms with Crippen molar-refractivity contribution in [2.45, 2.75) is 6.42 Å². The summed E-state index contributed by atoms with van der Waals surface area (Å²) in [4.78, 5) is 15.5. The monoisotopic (exact) mass is 262 g/mol. The Morgan fingerprint density at radius 1 is 1.26 bits per heavy atom. The Bertz CT molecular complexity index is 548. The number of benzene rings is 1. The number of rotatable bonds is 6. The number of nitrogens with zero attached hydrogens (tertiary/aromatic N) is 2. The lowest BCUT2D eigenvalue weighted by atomic mass is 10.2. The highest BCUT2D eigenvalue weighted by Crippen LogP contribution is 2.19. The average Bonchev–Trinajstić information content (AvgIpc) is 2.87. The van der Waals surface area contributed by atoms with Crippen LogP contribution in [-0.2, 0) is 16.0 Å². The molecule has 2 aromatic rings. The van der Waals surface area contributed by atoms with Crippen molar-refractivity contribution in [1.29, 1.82) is 0 Å². The number of hydrogen-bond donors (Lipinski definition) is 0. The van der Waals surface area contributed by atoms with E-state index < -0.39 is 0 Å². The van der Waals surface area contributed by atoms with E-state index in [2.05, 4.69) is 10.1 Å². The summed E-state index contributed by atoms with van der Waals surface area (Å²) in [6.07, 6.45) is 0.0804. The van der Waals surface area contributed by atoms with Gasteiger partial charge >= 0.3 is 0 Å². The maximum atomic E-state index is 11.4. The lowest BCUT2D eigenvalue weighted by Crippen LogP contribution is -2.09. The van der Waals surface area contributed by atoms with Gasteiger partial charge in [-0.15, -0.1) is 0 Å². The molecule has 0 N–H and O–H groups in total. The van der Waals surface area contributed by atoms with E-state index in [9.17, 15) is 4.79 Å². The van der Waals surface area contributed by atoms with Crippen LogP contribution in [0.3, 0.4) is 0 Å². The third-order valence-electron chi connectivity index (χ3n) is 2.47. The summed E-state index contributed by atoms with van der Waals surface area (Å²) in [7, 11) is 3.07. The number of methoxy groups -OCH3 is 2. The smallest absolute Gasteiger partial charge is 0.234 e. The van der Waals surface area contributed by atoms with Crippen molar-refractivity contribution in [2.24, 2.45) is 0 Å². The number of hydrogen-bond acceptors (Lipinski definition) is 6. The predicted octanol–water partition coefficient (Wildman–Crippen LogP) is 1.50. The first-order chi connectivity index (χ1) is 9.22. The van der Waals surface area contributed by atoms with Gasteiger partial charge in [0.25, 0.3) is 0 Å². The van der Waals surface area contributed by atoms with Crippen LogP contribution in [0.4, 0.5) is 0 Å². The molecule has 1 heterocycles. The third-order valence-corrected chi connectivity index (χ3v) is 2.47. The Morgan fingerprint density at radius 2 is 2.00 bits per heavy atom. The molecule has 0 fully saturated rings. The second-order valence-corrected chi connectivity index (χ2v) is 3.89. The number of ether oxygens (including phenoxy) is 2. The maximum absolute atomic E-state index is 11.4. The Labute approximate surface area is 110 Å². The van der Waals surface area contributed by atoms with E-state index in [-0.39, 0.29) is 24.7 Å². The Balaban J connectivity index is 2.09. The molecule has 0 saturated carbocycles. The summed E-state index contributed by atoms with van der Waals surface area (Å²) in [5.41, 5.74) is 0.801. The number of aromatic nitrogens is 2. The van der Waals surface area contributed by atoms with E-state index in [1.165, 1.54) is 7.11 Å². The lowest BCUT2D eigenvalue weighted by molar-refractivity contribution is -0.122. The topological polar surface area (TPSA) is 74.5 Å². The summed E-state index contributed by atoms with van der Waals surface area (Å²) in [6.45, 7) is 0.0419. The Morgan fingerprint density at radius 3 is 2.63 bits per heavy atom. The van der Waals surface area contributed by atoms with Gasteiger partial charge in [0.2, 0.25) is 11.7 Å². The van der Waals surface area contributed by atoms with E-state index in [4.69, 9.17) is 14.0 Å². The highest BCUT2D eigenvalue weighted by atomic mass is 16.5. The molecule has 0 radical (unpaired) electrons. The normalized spacial score (nSPS) is 10.4. The van der Waals surface area contributed by atoms with Gasteiger partial charge in [0, 0.05) is 12.7 Å². The van der Waals surface area contributed by atoms with Gasteiger partial charge in [-0.25, -0.2) is 0 Å². The zero-order chi connectivity index (χ0) is 13.7. The standard InChI is InChI=1S/C13H14N2O4/c1-17-8-10(16)7-12-14-13(15-19-12)9-3-5-11(18-2)6-4-9/h3-6H,7-8H2,1-2H3. The van der Waals surface area contributed by atoms with Crippen LogP contribution in [0.5, 0.6) is 5.75 Å². The number of Topliss-reactive ketones (excluding diaryl/α,β-unsaturated/α-hetero) is 1. The number of carbonyl (C=O) groups excluding carboxylic acids is 1. The van der Waals surface area contributed by atoms with Crippen LogP contribution in [0.15, 0.2) is 28.8 Å².